The third kappa shape index (κ3) is 3.15. The van der Waals surface area contributed by atoms with E-state index in [1.807, 2.05) is 23.5 Å². The molecule has 1 aromatic heterocycles. The van der Waals surface area contributed by atoms with E-state index in [1.54, 1.807) is 6.20 Å². The Bertz CT molecular complexity index is 325. The predicted molar refractivity (Wildman–Crippen MR) is 72.4 cm³/mol. The summed E-state index contributed by atoms with van der Waals surface area (Å²) < 4.78 is 2.00. The van der Waals surface area contributed by atoms with Crippen molar-refractivity contribution in [3.8, 4) is 0 Å². The summed E-state index contributed by atoms with van der Waals surface area (Å²) in [7, 11) is 1.97. The molecule has 0 amide bonds. The quantitative estimate of drug-likeness (QED) is 0.853. The number of nitrogens with zero attached hydrogens (tertiary/aromatic N) is 2. The Hall–Kier alpha value is -0.190. The van der Waals surface area contributed by atoms with Crippen LogP contribution in [-0.4, -0.2) is 28.3 Å². The molecule has 0 aliphatic carbocycles. The van der Waals surface area contributed by atoms with E-state index in [0.717, 1.165) is 22.2 Å². The van der Waals surface area contributed by atoms with Gasteiger partial charge in [0, 0.05) is 11.8 Å². The molecule has 0 spiro atoms. The smallest absolute Gasteiger partial charge is 0.0834 e. The minimum atomic E-state index is 0.266. The van der Waals surface area contributed by atoms with E-state index >= 15 is 0 Å². The van der Waals surface area contributed by atoms with E-state index < -0.39 is 0 Å². The van der Waals surface area contributed by atoms with Crippen molar-refractivity contribution in [3.05, 3.63) is 16.9 Å². The van der Waals surface area contributed by atoms with E-state index in [2.05, 4.69) is 31.2 Å². The summed E-state index contributed by atoms with van der Waals surface area (Å²) in [5.74, 6) is 2.14. The van der Waals surface area contributed by atoms with Crippen LogP contribution >= 0.6 is 23.4 Å². The van der Waals surface area contributed by atoms with Crippen molar-refractivity contribution in [1.29, 1.82) is 0 Å². The molecule has 1 atom stereocenters. The Balaban J connectivity index is 2.93. The summed E-state index contributed by atoms with van der Waals surface area (Å²) >= 11 is 8.11. The summed E-state index contributed by atoms with van der Waals surface area (Å²) in [5.41, 5.74) is 1.10. The lowest BCUT2D eigenvalue weighted by Crippen LogP contribution is -2.23. The van der Waals surface area contributed by atoms with Crippen molar-refractivity contribution in [1.82, 2.24) is 15.1 Å². The first-order chi connectivity index (χ1) is 7.61. The van der Waals surface area contributed by atoms with Crippen LogP contribution in [0.5, 0.6) is 0 Å². The molecular weight excluding hydrogens is 242 g/mol. The predicted octanol–water partition coefficient (Wildman–Crippen LogP) is 3.13. The minimum Gasteiger partial charge on any atom is -0.311 e. The molecule has 0 fully saturated rings. The van der Waals surface area contributed by atoms with Crippen molar-refractivity contribution < 1.29 is 0 Å². The zero-order valence-corrected chi connectivity index (χ0v) is 11.9. The minimum absolute atomic E-state index is 0.266. The molecular formula is C11H20ClN3S. The van der Waals surface area contributed by atoms with Crippen molar-refractivity contribution in [3.63, 3.8) is 0 Å². The highest BCUT2D eigenvalue weighted by molar-refractivity contribution is 7.99. The number of hydrogen-bond donors (Lipinski definition) is 1. The van der Waals surface area contributed by atoms with Crippen LogP contribution in [0.25, 0.3) is 0 Å². The molecule has 0 saturated heterocycles. The molecule has 3 nitrogen and oxygen atoms in total. The second-order valence-electron chi connectivity index (χ2n) is 3.92. The normalized spacial score (nSPS) is 13.4. The number of aromatic nitrogens is 2. The Morgan fingerprint density at radius 2 is 2.25 bits per heavy atom. The molecule has 0 bridgehead atoms. The van der Waals surface area contributed by atoms with Gasteiger partial charge in [0.15, 0.2) is 0 Å². The summed E-state index contributed by atoms with van der Waals surface area (Å²) in [5, 5.41) is 8.39. The molecule has 0 aromatic carbocycles. The average molecular weight is 262 g/mol. The van der Waals surface area contributed by atoms with Gasteiger partial charge in [-0.1, -0.05) is 18.5 Å². The molecule has 1 rings (SSSR count). The molecule has 92 valence electrons. The van der Waals surface area contributed by atoms with Crippen LogP contribution in [0.15, 0.2) is 6.20 Å². The molecule has 1 unspecified atom stereocenters. The van der Waals surface area contributed by atoms with Crippen LogP contribution in [0.4, 0.5) is 0 Å². The first-order valence-corrected chi connectivity index (χ1v) is 7.13. The van der Waals surface area contributed by atoms with Crippen LogP contribution in [0.3, 0.4) is 0 Å². The van der Waals surface area contributed by atoms with E-state index in [0.29, 0.717) is 6.04 Å². The van der Waals surface area contributed by atoms with Crippen LogP contribution in [0.2, 0.25) is 5.02 Å². The van der Waals surface area contributed by atoms with Crippen LogP contribution in [-0.2, 0) is 0 Å². The molecule has 0 aliphatic rings. The highest BCUT2D eigenvalue weighted by Gasteiger charge is 2.20. The fourth-order valence-electron chi connectivity index (χ4n) is 1.62. The van der Waals surface area contributed by atoms with Gasteiger partial charge in [-0.15, -0.1) is 0 Å². The number of thioether (sulfide) groups is 1. The Morgan fingerprint density at radius 3 is 2.75 bits per heavy atom. The van der Waals surface area contributed by atoms with Gasteiger partial charge in [0.05, 0.1) is 23.0 Å². The van der Waals surface area contributed by atoms with Crippen LogP contribution in [0.1, 0.15) is 38.5 Å². The van der Waals surface area contributed by atoms with Crippen LogP contribution in [0, 0.1) is 0 Å². The van der Waals surface area contributed by atoms with E-state index in [9.17, 15) is 0 Å². The van der Waals surface area contributed by atoms with Gasteiger partial charge in [-0.2, -0.15) is 16.9 Å². The fourth-order valence-corrected chi connectivity index (χ4v) is 2.68. The van der Waals surface area contributed by atoms with Gasteiger partial charge in [0.2, 0.25) is 0 Å². The zero-order valence-electron chi connectivity index (χ0n) is 10.3. The lowest BCUT2D eigenvalue weighted by Gasteiger charge is -2.20. The third-order valence-electron chi connectivity index (χ3n) is 2.44. The highest BCUT2D eigenvalue weighted by atomic mass is 35.5. The fraction of sp³-hybridized carbons (Fsp3) is 0.727. The largest absolute Gasteiger partial charge is 0.311 e. The molecule has 0 saturated carbocycles. The summed E-state index contributed by atoms with van der Waals surface area (Å²) in [6.07, 6.45) is 1.73. The SMILES string of the molecule is CCSCC(NC)c1c(Cl)cnn1C(C)C. The topological polar surface area (TPSA) is 29.9 Å². The number of hydrogen-bond acceptors (Lipinski definition) is 3. The van der Waals surface area contributed by atoms with Gasteiger partial charge >= 0.3 is 0 Å². The maximum absolute atomic E-state index is 6.21. The lowest BCUT2D eigenvalue weighted by atomic mass is 10.2. The maximum atomic E-state index is 6.21. The van der Waals surface area contributed by atoms with Crippen molar-refractivity contribution in [2.24, 2.45) is 0 Å². The monoisotopic (exact) mass is 261 g/mol. The van der Waals surface area contributed by atoms with Gasteiger partial charge < -0.3 is 5.32 Å². The summed E-state index contributed by atoms with van der Waals surface area (Å²) in [4.78, 5) is 0. The summed E-state index contributed by atoms with van der Waals surface area (Å²) in [6.45, 7) is 6.40. The second kappa shape index (κ2) is 6.52. The van der Waals surface area contributed by atoms with Crippen molar-refractivity contribution >= 4 is 23.4 Å². The van der Waals surface area contributed by atoms with E-state index in [-0.39, 0.29) is 6.04 Å². The van der Waals surface area contributed by atoms with Gasteiger partial charge in [-0.3, -0.25) is 4.68 Å². The summed E-state index contributed by atoms with van der Waals surface area (Å²) in [6, 6.07) is 0.604. The van der Waals surface area contributed by atoms with Crippen molar-refractivity contribution in [2.45, 2.75) is 32.9 Å². The Kier molecular flexibility index (Phi) is 5.66. The third-order valence-corrected chi connectivity index (χ3v) is 3.71. The van der Waals surface area contributed by atoms with Gasteiger partial charge in [0.1, 0.15) is 0 Å². The number of halogens is 1. The molecule has 0 aliphatic heterocycles. The number of rotatable bonds is 6. The second-order valence-corrected chi connectivity index (χ2v) is 5.64. The average Bonchev–Trinajstić information content (AvgIpc) is 2.62. The number of nitrogens with one attached hydrogen (secondary N) is 1. The van der Waals surface area contributed by atoms with E-state index in [4.69, 9.17) is 11.6 Å². The Morgan fingerprint density at radius 1 is 1.56 bits per heavy atom. The molecule has 1 aromatic rings. The van der Waals surface area contributed by atoms with Gasteiger partial charge in [-0.05, 0) is 26.6 Å². The van der Waals surface area contributed by atoms with Gasteiger partial charge in [-0.25, -0.2) is 0 Å². The molecule has 16 heavy (non-hydrogen) atoms. The highest BCUT2D eigenvalue weighted by Crippen LogP contribution is 2.27. The molecule has 0 radical (unpaired) electrons. The molecule has 1 heterocycles. The lowest BCUT2D eigenvalue weighted by molar-refractivity contribution is 0.477. The molecule has 1 N–H and O–H groups in total. The van der Waals surface area contributed by atoms with Crippen molar-refractivity contribution in [2.75, 3.05) is 18.6 Å². The van der Waals surface area contributed by atoms with Gasteiger partial charge in [0.25, 0.3) is 0 Å². The zero-order chi connectivity index (χ0) is 12.1. The Labute approximate surface area is 107 Å². The first kappa shape index (κ1) is 13.9. The van der Waals surface area contributed by atoms with E-state index in [1.165, 1.54) is 0 Å². The van der Waals surface area contributed by atoms with Crippen LogP contribution < -0.4 is 5.32 Å². The first-order valence-electron chi connectivity index (χ1n) is 5.59. The maximum Gasteiger partial charge on any atom is 0.0834 e. The molecule has 5 heteroatoms. The standard InChI is InChI=1S/C11H20ClN3S/c1-5-16-7-10(13-4)11-9(12)6-14-15(11)8(2)3/h6,8,10,13H,5,7H2,1-4H3.